The van der Waals surface area contributed by atoms with E-state index in [2.05, 4.69) is 176 Å². The summed E-state index contributed by atoms with van der Waals surface area (Å²) in [6.45, 7) is 0. The quantitative estimate of drug-likeness (QED) is 0.194. The van der Waals surface area contributed by atoms with Gasteiger partial charge in [0.2, 0.25) is 0 Å². The van der Waals surface area contributed by atoms with Crippen LogP contribution in [0.2, 0.25) is 0 Å². The number of rotatable bonds is 5. The van der Waals surface area contributed by atoms with Gasteiger partial charge in [-0.05, 0) is 66.7 Å². The van der Waals surface area contributed by atoms with Crippen LogP contribution in [0.1, 0.15) is 0 Å². The predicted molar refractivity (Wildman–Crippen MR) is 200 cm³/mol. The van der Waals surface area contributed by atoms with E-state index >= 15 is 0 Å². The molecule has 0 N–H and O–H groups in total. The Labute approximate surface area is 278 Å². The Kier molecular flexibility index (Phi) is 6.80. The van der Waals surface area contributed by atoms with Gasteiger partial charge in [0.25, 0.3) is 0 Å². The van der Waals surface area contributed by atoms with Crippen molar-refractivity contribution in [3.05, 3.63) is 176 Å². The Morgan fingerprint density at radius 2 is 0.646 bits per heavy atom. The molecule has 48 heavy (non-hydrogen) atoms. The SMILES string of the molecule is c1ccc2cc(-c3nc(-c4ccc(-c5ccc(-c6cccc7ccccc67)cc5)cc4)nc(-c4ccc5ccccc5c4)n3)ccc2c1. The van der Waals surface area contributed by atoms with Crippen LogP contribution in [0, 0.1) is 0 Å². The summed E-state index contributed by atoms with van der Waals surface area (Å²) in [6, 6.07) is 61.9. The second-order valence-corrected chi connectivity index (χ2v) is 12.1. The van der Waals surface area contributed by atoms with Gasteiger partial charge in [-0.25, -0.2) is 15.0 Å². The molecule has 0 atom stereocenters. The molecule has 0 aliphatic heterocycles. The van der Waals surface area contributed by atoms with E-state index in [9.17, 15) is 0 Å². The van der Waals surface area contributed by atoms with Gasteiger partial charge in [0.05, 0.1) is 0 Å². The van der Waals surface area contributed by atoms with Crippen molar-refractivity contribution < 1.29 is 0 Å². The highest BCUT2D eigenvalue weighted by Crippen LogP contribution is 2.32. The van der Waals surface area contributed by atoms with Crippen molar-refractivity contribution in [1.29, 1.82) is 0 Å². The van der Waals surface area contributed by atoms with E-state index in [-0.39, 0.29) is 0 Å². The summed E-state index contributed by atoms with van der Waals surface area (Å²) in [4.78, 5) is 15.0. The van der Waals surface area contributed by atoms with Crippen LogP contribution in [0.4, 0.5) is 0 Å². The molecule has 3 heteroatoms. The van der Waals surface area contributed by atoms with Gasteiger partial charge in [0.1, 0.15) is 0 Å². The first kappa shape index (κ1) is 27.8. The zero-order valence-corrected chi connectivity index (χ0v) is 26.1. The molecule has 1 heterocycles. The van der Waals surface area contributed by atoms with Gasteiger partial charge in [-0.2, -0.15) is 0 Å². The first-order valence-electron chi connectivity index (χ1n) is 16.2. The fraction of sp³-hybridized carbons (Fsp3) is 0. The minimum absolute atomic E-state index is 0.647. The molecule has 0 fully saturated rings. The van der Waals surface area contributed by atoms with Crippen LogP contribution in [0.5, 0.6) is 0 Å². The second kappa shape index (κ2) is 11.7. The van der Waals surface area contributed by atoms with Gasteiger partial charge in [0, 0.05) is 16.7 Å². The zero-order chi connectivity index (χ0) is 31.9. The first-order valence-corrected chi connectivity index (χ1v) is 16.2. The van der Waals surface area contributed by atoms with Gasteiger partial charge >= 0.3 is 0 Å². The summed E-state index contributed by atoms with van der Waals surface area (Å²) in [7, 11) is 0. The summed E-state index contributed by atoms with van der Waals surface area (Å²) in [5.74, 6) is 1.96. The zero-order valence-electron chi connectivity index (χ0n) is 26.1. The highest BCUT2D eigenvalue weighted by atomic mass is 15.0. The third kappa shape index (κ3) is 5.18. The molecule has 3 nitrogen and oxygen atoms in total. The lowest BCUT2D eigenvalue weighted by Crippen LogP contribution is -2.00. The van der Waals surface area contributed by atoms with Crippen LogP contribution in [-0.4, -0.2) is 15.0 Å². The predicted octanol–water partition coefficient (Wildman–Crippen LogP) is 11.7. The lowest BCUT2D eigenvalue weighted by Gasteiger charge is -2.11. The van der Waals surface area contributed by atoms with Gasteiger partial charge in [-0.15, -0.1) is 0 Å². The summed E-state index contributed by atoms with van der Waals surface area (Å²) in [6.07, 6.45) is 0. The molecule has 0 aliphatic carbocycles. The molecular formula is C45H29N3. The van der Waals surface area contributed by atoms with E-state index in [0.717, 1.165) is 38.6 Å². The molecule has 8 aromatic carbocycles. The largest absolute Gasteiger partial charge is 0.208 e. The van der Waals surface area contributed by atoms with Gasteiger partial charge in [-0.3, -0.25) is 0 Å². The molecule has 9 rings (SSSR count). The Bertz CT molecular complexity index is 2500. The smallest absolute Gasteiger partial charge is 0.164 e. The maximum atomic E-state index is 5.02. The van der Waals surface area contributed by atoms with Crippen molar-refractivity contribution in [3.8, 4) is 56.4 Å². The lowest BCUT2D eigenvalue weighted by molar-refractivity contribution is 1.08. The molecule has 0 bridgehead atoms. The van der Waals surface area contributed by atoms with Crippen LogP contribution >= 0.6 is 0 Å². The standard InChI is InChI=1S/C45H29N3/c1-3-11-37-28-39(26-20-30(37)8-1)44-46-43(47-45(48-44)40-27-21-31-9-2-4-12-38(31)29-40)36-24-18-33(19-25-36)32-16-22-35(23-17-32)42-15-7-13-34-10-5-6-14-41(34)42/h1-29H. The Morgan fingerprint density at radius 1 is 0.250 bits per heavy atom. The van der Waals surface area contributed by atoms with E-state index in [0.29, 0.717) is 17.5 Å². The van der Waals surface area contributed by atoms with Crippen molar-refractivity contribution in [3.63, 3.8) is 0 Å². The second-order valence-electron chi connectivity index (χ2n) is 12.1. The Hall–Kier alpha value is -6.45. The highest BCUT2D eigenvalue weighted by molar-refractivity contribution is 5.97. The van der Waals surface area contributed by atoms with Crippen LogP contribution in [-0.2, 0) is 0 Å². The normalized spacial score (nSPS) is 11.3. The average Bonchev–Trinajstić information content (AvgIpc) is 3.17. The van der Waals surface area contributed by atoms with Crippen LogP contribution in [0.25, 0.3) is 88.7 Å². The molecule has 0 amide bonds. The van der Waals surface area contributed by atoms with Crippen LogP contribution in [0.3, 0.4) is 0 Å². The fourth-order valence-corrected chi connectivity index (χ4v) is 6.55. The van der Waals surface area contributed by atoms with E-state index < -0.39 is 0 Å². The van der Waals surface area contributed by atoms with Crippen molar-refractivity contribution >= 4 is 32.3 Å². The maximum Gasteiger partial charge on any atom is 0.164 e. The van der Waals surface area contributed by atoms with E-state index in [4.69, 9.17) is 15.0 Å². The molecule has 0 radical (unpaired) electrons. The number of nitrogens with zero attached hydrogens (tertiary/aromatic N) is 3. The van der Waals surface area contributed by atoms with Crippen LogP contribution in [0.15, 0.2) is 176 Å². The average molecular weight is 612 g/mol. The van der Waals surface area contributed by atoms with Crippen LogP contribution < -0.4 is 0 Å². The molecule has 0 spiro atoms. The summed E-state index contributed by atoms with van der Waals surface area (Å²) in [5.41, 5.74) is 7.62. The van der Waals surface area contributed by atoms with Crippen molar-refractivity contribution in [2.24, 2.45) is 0 Å². The molecular weight excluding hydrogens is 583 g/mol. The topological polar surface area (TPSA) is 38.7 Å². The van der Waals surface area contributed by atoms with Crippen molar-refractivity contribution in [2.45, 2.75) is 0 Å². The van der Waals surface area contributed by atoms with Gasteiger partial charge in [0.15, 0.2) is 17.5 Å². The minimum Gasteiger partial charge on any atom is -0.208 e. The summed E-state index contributed by atoms with van der Waals surface area (Å²) in [5, 5.41) is 7.19. The van der Waals surface area contributed by atoms with Gasteiger partial charge < -0.3 is 0 Å². The molecule has 224 valence electrons. The monoisotopic (exact) mass is 611 g/mol. The summed E-state index contributed by atoms with van der Waals surface area (Å²) >= 11 is 0. The molecule has 9 aromatic rings. The Balaban J connectivity index is 1.09. The van der Waals surface area contributed by atoms with E-state index in [1.165, 1.54) is 32.7 Å². The summed E-state index contributed by atoms with van der Waals surface area (Å²) < 4.78 is 0. The molecule has 0 unspecified atom stereocenters. The molecule has 0 saturated carbocycles. The molecule has 0 saturated heterocycles. The van der Waals surface area contributed by atoms with Crippen molar-refractivity contribution in [1.82, 2.24) is 15.0 Å². The number of hydrogen-bond donors (Lipinski definition) is 0. The third-order valence-corrected chi connectivity index (χ3v) is 9.11. The fourth-order valence-electron chi connectivity index (χ4n) is 6.55. The maximum absolute atomic E-state index is 5.02. The van der Waals surface area contributed by atoms with E-state index in [1.807, 2.05) is 0 Å². The Morgan fingerprint density at radius 3 is 1.21 bits per heavy atom. The number of hydrogen-bond acceptors (Lipinski definition) is 3. The molecule has 0 aliphatic rings. The third-order valence-electron chi connectivity index (χ3n) is 9.11. The number of aromatic nitrogens is 3. The number of benzene rings is 8. The number of fused-ring (bicyclic) bond motifs is 3. The van der Waals surface area contributed by atoms with E-state index in [1.54, 1.807) is 0 Å². The highest BCUT2D eigenvalue weighted by Gasteiger charge is 2.14. The van der Waals surface area contributed by atoms with Crippen molar-refractivity contribution in [2.75, 3.05) is 0 Å². The van der Waals surface area contributed by atoms with Gasteiger partial charge in [-0.1, -0.05) is 164 Å². The minimum atomic E-state index is 0.647. The lowest BCUT2D eigenvalue weighted by atomic mass is 9.96. The molecule has 1 aromatic heterocycles. The first-order chi connectivity index (χ1) is 23.7.